The highest BCUT2D eigenvalue weighted by molar-refractivity contribution is 6.28. The number of aliphatic hydroxyl groups excluding tert-OH is 1. The van der Waals surface area contributed by atoms with Crippen molar-refractivity contribution in [3.8, 4) is 6.01 Å². The van der Waals surface area contributed by atoms with Gasteiger partial charge in [0.1, 0.15) is 0 Å². The quantitative estimate of drug-likeness (QED) is 0.822. The molecule has 0 aromatic carbocycles. The van der Waals surface area contributed by atoms with Gasteiger partial charge in [0.25, 0.3) is 0 Å². The van der Waals surface area contributed by atoms with Gasteiger partial charge in [-0.3, -0.25) is 0 Å². The summed E-state index contributed by atoms with van der Waals surface area (Å²) in [6, 6.07) is 0.205. The molecule has 0 bridgehead atoms. The number of nitrogens with one attached hydrogen (secondary N) is 1. The summed E-state index contributed by atoms with van der Waals surface area (Å²) in [6.45, 7) is 7.69. The normalized spacial score (nSPS) is 14.4. The van der Waals surface area contributed by atoms with E-state index in [1.807, 2.05) is 27.7 Å². The third-order valence-corrected chi connectivity index (χ3v) is 2.60. The van der Waals surface area contributed by atoms with E-state index in [0.29, 0.717) is 5.95 Å². The predicted octanol–water partition coefficient (Wildman–Crippen LogP) is 1.74. The summed E-state index contributed by atoms with van der Waals surface area (Å²) in [5.41, 5.74) is 0. The van der Waals surface area contributed by atoms with E-state index in [9.17, 15) is 0 Å². The van der Waals surface area contributed by atoms with Crippen LogP contribution in [0.5, 0.6) is 6.01 Å². The molecule has 1 aromatic rings. The Hall–Kier alpha value is -1.14. The molecule has 0 amide bonds. The molecule has 7 heteroatoms. The minimum absolute atomic E-state index is 0.0142. The van der Waals surface area contributed by atoms with Crippen molar-refractivity contribution in [3.63, 3.8) is 0 Å². The number of hydrogen-bond acceptors (Lipinski definition) is 6. The Kier molecular flexibility index (Phi) is 5.55. The van der Waals surface area contributed by atoms with Crippen LogP contribution in [-0.4, -0.2) is 38.8 Å². The zero-order valence-corrected chi connectivity index (χ0v) is 11.8. The van der Waals surface area contributed by atoms with E-state index >= 15 is 0 Å². The number of anilines is 1. The molecule has 0 aliphatic heterocycles. The van der Waals surface area contributed by atoms with Crippen molar-refractivity contribution < 1.29 is 9.84 Å². The molecule has 0 aliphatic carbocycles. The van der Waals surface area contributed by atoms with Gasteiger partial charge in [0.05, 0.1) is 6.10 Å². The van der Waals surface area contributed by atoms with E-state index in [1.165, 1.54) is 0 Å². The zero-order chi connectivity index (χ0) is 13.7. The van der Waals surface area contributed by atoms with E-state index < -0.39 is 0 Å². The topological polar surface area (TPSA) is 80.2 Å². The van der Waals surface area contributed by atoms with Gasteiger partial charge in [0.15, 0.2) is 0 Å². The Morgan fingerprint density at radius 3 is 2.44 bits per heavy atom. The van der Waals surface area contributed by atoms with Crippen LogP contribution in [0, 0.1) is 5.92 Å². The first-order chi connectivity index (χ1) is 8.42. The van der Waals surface area contributed by atoms with E-state index in [1.54, 1.807) is 0 Å². The molecule has 0 spiro atoms. The van der Waals surface area contributed by atoms with Gasteiger partial charge in [-0.15, -0.1) is 0 Å². The molecule has 0 fully saturated rings. The lowest BCUT2D eigenvalue weighted by Crippen LogP contribution is -2.27. The highest BCUT2D eigenvalue weighted by Gasteiger charge is 2.14. The van der Waals surface area contributed by atoms with Crippen LogP contribution in [0.25, 0.3) is 0 Å². The van der Waals surface area contributed by atoms with Crippen LogP contribution >= 0.6 is 11.6 Å². The molecule has 1 aromatic heterocycles. The second kappa shape index (κ2) is 6.70. The molecule has 0 saturated carbocycles. The van der Waals surface area contributed by atoms with E-state index in [-0.39, 0.29) is 36.0 Å². The molecule has 2 atom stereocenters. The standard InChI is InChI=1S/C11H19ClN4O2/c1-6(2)18-11-15-9(12)14-10(16-11)13-8(4)7(3)5-17/h6-8,17H,5H2,1-4H3,(H,13,14,15,16). The number of ether oxygens (including phenoxy) is 1. The van der Waals surface area contributed by atoms with Crippen LogP contribution in [0.1, 0.15) is 27.7 Å². The van der Waals surface area contributed by atoms with Crippen LogP contribution in [0.3, 0.4) is 0 Å². The second-order valence-corrected chi connectivity index (χ2v) is 4.81. The summed E-state index contributed by atoms with van der Waals surface area (Å²) < 4.78 is 5.37. The summed E-state index contributed by atoms with van der Waals surface area (Å²) in [4.78, 5) is 12.0. The van der Waals surface area contributed by atoms with Crippen molar-refractivity contribution in [2.24, 2.45) is 5.92 Å². The van der Waals surface area contributed by atoms with E-state index in [0.717, 1.165) is 0 Å². The van der Waals surface area contributed by atoms with E-state index in [4.69, 9.17) is 21.4 Å². The van der Waals surface area contributed by atoms with Crippen LogP contribution in [0.4, 0.5) is 5.95 Å². The Balaban J connectivity index is 2.79. The molecule has 2 N–H and O–H groups in total. The van der Waals surface area contributed by atoms with Crippen LogP contribution in [-0.2, 0) is 0 Å². The first-order valence-electron chi connectivity index (χ1n) is 5.88. The first-order valence-corrected chi connectivity index (χ1v) is 6.25. The number of halogens is 1. The lowest BCUT2D eigenvalue weighted by atomic mass is 10.1. The second-order valence-electron chi connectivity index (χ2n) is 4.47. The first kappa shape index (κ1) is 14.9. The summed E-state index contributed by atoms with van der Waals surface area (Å²) in [7, 11) is 0. The van der Waals surface area contributed by atoms with Gasteiger partial charge in [-0.05, 0) is 38.3 Å². The highest BCUT2D eigenvalue weighted by atomic mass is 35.5. The van der Waals surface area contributed by atoms with Gasteiger partial charge in [-0.2, -0.15) is 15.0 Å². The Bertz CT molecular complexity index is 389. The minimum Gasteiger partial charge on any atom is -0.461 e. The van der Waals surface area contributed by atoms with Crippen LogP contribution in [0.15, 0.2) is 0 Å². The fourth-order valence-corrected chi connectivity index (χ4v) is 1.32. The number of rotatable bonds is 6. The smallest absolute Gasteiger partial charge is 0.322 e. The van der Waals surface area contributed by atoms with Crippen LogP contribution < -0.4 is 10.1 Å². The number of hydrogen-bond donors (Lipinski definition) is 2. The van der Waals surface area contributed by atoms with E-state index in [2.05, 4.69) is 20.3 Å². The molecule has 2 unspecified atom stereocenters. The number of aromatic nitrogens is 3. The van der Waals surface area contributed by atoms with Gasteiger partial charge in [-0.1, -0.05) is 6.92 Å². The van der Waals surface area contributed by atoms with Crippen molar-refractivity contribution in [3.05, 3.63) is 5.28 Å². The number of aliphatic hydroxyl groups is 1. The van der Waals surface area contributed by atoms with Gasteiger partial charge in [0, 0.05) is 12.6 Å². The van der Waals surface area contributed by atoms with Gasteiger partial charge >= 0.3 is 6.01 Å². The van der Waals surface area contributed by atoms with Gasteiger partial charge in [0.2, 0.25) is 11.2 Å². The third-order valence-electron chi connectivity index (χ3n) is 2.43. The third kappa shape index (κ3) is 4.62. The molecule has 6 nitrogen and oxygen atoms in total. The molecule has 0 radical (unpaired) electrons. The molecule has 18 heavy (non-hydrogen) atoms. The van der Waals surface area contributed by atoms with Crippen molar-refractivity contribution in [2.75, 3.05) is 11.9 Å². The summed E-state index contributed by atoms with van der Waals surface area (Å²) >= 11 is 5.80. The summed E-state index contributed by atoms with van der Waals surface area (Å²) in [6.07, 6.45) is -0.0369. The molecular formula is C11H19ClN4O2. The molecular weight excluding hydrogens is 256 g/mol. The van der Waals surface area contributed by atoms with Crippen LogP contribution in [0.2, 0.25) is 5.28 Å². The fraction of sp³-hybridized carbons (Fsp3) is 0.727. The Labute approximate surface area is 112 Å². The maximum absolute atomic E-state index is 9.07. The van der Waals surface area contributed by atoms with Crippen molar-refractivity contribution >= 4 is 17.5 Å². The van der Waals surface area contributed by atoms with Crippen molar-refractivity contribution in [1.29, 1.82) is 0 Å². The molecule has 1 rings (SSSR count). The molecule has 0 aliphatic rings. The SMILES string of the molecule is CC(C)Oc1nc(Cl)nc(NC(C)C(C)CO)n1. The Morgan fingerprint density at radius 2 is 1.89 bits per heavy atom. The van der Waals surface area contributed by atoms with Gasteiger partial charge < -0.3 is 15.2 Å². The number of nitrogens with zero attached hydrogens (tertiary/aromatic N) is 3. The molecule has 0 saturated heterocycles. The average Bonchev–Trinajstić information content (AvgIpc) is 2.25. The summed E-state index contributed by atoms with van der Waals surface area (Å²) in [5.74, 6) is 0.424. The summed E-state index contributed by atoms with van der Waals surface area (Å²) in [5, 5.41) is 12.2. The van der Waals surface area contributed by atoms with Crippen molar-refractivity contribution in [1.82, 2.24) is 15.0 Å². The molecule has 102 valence electrons. The molecule has 1 heterocycles. The minimum atomic E-state index is -0.0369. The average molecular weight is 275 g/mol. The lowest BCUT2D eigenvalue weighted by Gasteiger charge is -2.19. The lowest BCUT2D eigenvalue weighted by molar-refractivity contribution is 0.220. The van der Waals surface area contributed by atoms with Crippen molar-refractivity contribution in [2.45, 2.75) is 39.8 Å². The Morgan fingerprint density at radius 1 is 1.22 bits per heavy atom. The largest absolute Gasteiger partial charge is 0.461 e. The van der Waals surface area contributed by atoms with Gasteiger partial charge in [-0.25, -0.2) is 0 Å². The fourth-order valence-electron chi connectivity index (χ4n) is 1.16. The predicted molar refractivity (Wildman–Crippen MR) is 69.9 cm³/mol. The zero-order valence-electron chi connectivity index (χ0n) is 11.0. The maximum Gasteiger partial charge on any atom is 0.322 e. The maximum atomic E-state index is 9.07. The highest BCUT2D eigenvalue weighted by Crippen LogP contribution is 2.15. The monoisotopic (exact) mass is 274 g/mol.